The van der Waals surface area contributed by atoms with Gasteiger partial charge in [-0.05, 0) is 56.2 Å². The average Bonchev–Trinajstić information content (AvgIpc) is 2.90. The molecule has 3 rings (SSSR count). The van der Waals surface area contributed by atoms with Crippen LogP contribution in [0.1, 0.15) is 32.8 Å². The van der Waals surface area contributed by atoms with Crippen LogP contribution in [-0.2, 0) is 26.2 Å². The van der Waals surface area contributed by atoms with Crippen molar-refractivity contribution in [1.82, 2.24) is 10.2 Å². The molecule has 1 N–H and O–H groups in total. The van der Waals surface area contributed by atoms with Gasteiger partial charge in [0.2, 0.25) is 11.8 Å². The Morgan fingerprint density at radius 1 is 0.895 bits per heavy atom. The van der Waals surface area contributed by atoms with E-state index in [1.807, 2.05) is 44.2 Å². The van der Waals surface area contributed by atoms with E-state index in [9.17, 15) is 18.0 Å². The van der Waals surface area contributed by atoms with Crippen molar-refractivity contribution >= 4 is 50.7 Å². The predicted molar refractivity (Wildman–Crippen MR) is 152 cm³/mol. The lowest BCUT2D eigenvalue weighted by molar-refractivity contribution is -0.139. The number of carbonyl (C=O) groups excluding carboxylic acids is 2. The van der Waals surface area contributed by atoms with E-state index in [0.29, 0.717) is 0 Å². The summed E-state index contributed by atoms with van der Waals surface area (Å²) in [5.41, 5.74) is 0.934. The molecule has 7 nitrogen and oxygen atoms in total. The first-order chi connectivity index (χ1) is 18.0. The summed E-state index contributed by atoms with van der Waals surface area (Å²) < 4.78 is 28.5. The summed E-state index contributed by atoms with van der Waals surface area (Å²) in [6, 6.07) is 20.4. The van der Waals surface area contributed by atoms with Crippen LogP contribution >= 0.6 is 23.2 Å². The first-order valence-corrected chi connectivity index (χ1v) is 14.4. The maximum atomic E-state index is 13.9. The number of sulfonamides is 1. The molecule has 0 saturated heterocycles. The van der Waals surface area contributed by atoms with Crippen molar-refractivity contribution in [2.45, 2.75) is 50.7 Å². The van der Waals surface area contributed by atoms with Crippen molar-refractivity contribution < 1.29 is 18.0 Å². The van der Waals surface area contributed by atoms with Gasteiger partial charge in [0.25, 0.3) is 10.0 Å². The monoisotopic (exact) mass is 575 g/mol. The molecule has 2 unspecified atom stereocenters. The fourth-order valence-electron chi connectivity index (χ4n) is 3.76. The first kappa shape index (κ1) is 29.5. The van der Waals surface area contributed by atoms with Gasteiger partial charge in [0.1, 0.15) is 12.6 Å². The van der Waals surface area contributed by atoms with Crippen LogP contribution in [0.5, 0.6) is 0 Å². The summed E-state index contributed by atoms with van der Waals surface area (Å²) in [6.45, 7) is 5.01. The molecule has 0 spiro atoms. The highest BCUT2D eigenvalue weighted by Crippen LogP contribution is 2.30. The molecule has 202 valence electrons. The SMILES string of the molecule is CCC(C)NC(=O)C(C)N(Cc1ccccc1)C(=O)CN(c1cc(Cl)cc(Cl)c1)S(=O)(=O)c1ccccc1. The maximum Gasteiger partial charge on any atom is 0.264 e. The summed E-state index contributed by atoms with van der Waals surface area (Å²) in [4.78, 5) is 28.3. The number of anilines is 1. The Hall–Kier alpha value is -3.07. The second-order valence-corrected chi connectivity index (χ2v) is 11.7. The number of nitrogens with zero attached hydrogens (tertiary/aromatic N) is 2. The van der Waals surface area contributed by atoms with Crippen LogP contribution in [0.25, 0.3) is 0 Å². The summed E-state index contributed by atoms with van der Waals surface area (Å²) in [6.07, 6.45) is 0.726. The van der Waals surface area contributed by atoms with Gasteiger partial charge in [-0.1, -0.05) is 78.7 Å². The smallest absolute Gasteiger partial charge is 0.264 e. The van der Waals surface area contributed by atoms with Crippen molar-refractivity contribution in [2.24, 2.45) is 0 Å². The minimum absolute atomic E-state index is 0.000990. The zero-order chi connectivity index (χ0) is 27.9. The molecular formula is C28H31Cl2N3O4S. The Labute approximate surface area is 234 Å². The highest BCUT2D eigenvalue weighted by atomic mass is 35.5. The van der Waals surface area contributed by atoms with Gasteiger partial charge in [-0.3, -0.25) is 13.9 Å². The topological polar surface area (TPSA) is 86.8 Å². The Balaban J connectivity index is 2.03. The number of hydrogen-bond acceptors (Lipinski definition) is 4. The van der Waals surface area contributed by atoms with Crippen molar-refractivity contribution in [1.29, 1.82) is 0 Å². The van der Waals surface area contributed by atoms with E-state index < -0.39 is 28.5 Å². The average molecular weight is 577 g/mol. The molecule has 0 aliphatic rings. The van der Waals surface area contributed by atoms with Crippen LogP contribution in [0.4, 0.5) is 5.69 Å². The minimum Gasteiger partial charge on any atom is -0.352 e. The fraction of sp³-hybridized carbons (Fsp3) is 0.286. The van der Waals surface area contributed by atoms with E-state index in [1.165, 1.54) is 35.2 Å². The molecule has 0 aliphatic heterocycles. The predicted octanol–water partition coefficient (Wildman–Crippen LogP) is 5.52. The van der Waals surface area contributed by atoms with Crippen LogP contribution in [0.2, 0.25) is 10.0 Å². The number of amides is 2. The number of carbonyl (C=O) groups is 2. The third kappa shape index (κ3) is 7.49. The lowest BCUT2D eigenvalue weighted by Gasteiger charge is -2.32. The van der Waals surface area contributed by atoms with Crippen molar-refractivity contribution in [3.63, 3.8) is 0 Å². The van der Waals surface area contributed by atoms with Crippen LogP contribution in [0, 0.1) is 0 Å². The Kier molecular flexibility index (Phi) is 10.2. The van der Waals surface area contributed by atoms with Gasteiger partial charge < -0.3 is 10.2 Å². The third-order valence-corrected chi connectivity index (χ3v) is 8.33. The lowest BCUT2D eigenvalue weighted by atomic mass is 10.1. The van der Waals surface area contributed by atoms with Gasteiger partial charge in [0.05, 0.1) is 10.6 Å². The Bertz CT molecular complexity index is 1330. The summed E-state index contributed by atoms with van der Waals surface area (Å²) >= 11 is 12.4. The number of rotatable bonds is 11. The number of benzene rings is 3. The van der Waals surface area contributed by atoms with Gasteiger partial charge >= 0.3 is 0 Å². The van der Waals surface area contributed by atoms with Gasteiger partial charge in [-0.2, -0.15) is 0 Å². The third-order valence-electron chi connectivity index (χ3n) is 6.11. The van der Waals surface area contributed by atoms with Crippen LogP contribution in [-0.4, -0.2) is 43.8 Å². The van der Waals surface area contributed by atoms with Gasteiger partial charge in [0, 0.05) is 22.6 Å². The molecule has 0 aliphatic carbocycles. The van der Waals surface area contributed by atoms with Crippen molar-refractivity contribution in [2.75, 3.05) is 10.8 Å². The molecule has 0 saturated carbocycles. The summed E-state index contributed by atoms with van der Waals surface area (Å²) in [5, 5.41) is 3.34. The summed E-state index contributed by atoms with van der Waals surface area (Å²) in [7, 11) is -4.19. The Morgan fingerprint density at radius 3 is 2.00 bits per heavy atom. The normalized spacial score (nSPS) is 12.9. The molecule has 0 fully saturated rings. The molecule has 3 aromatic rings. The van der Waals surface area contributed by atoms with Crippen LogP contribution < -0.4 is 9.62 Å². The molecule has 38 heavy (non-hydrogen) atoms. The molecule has 0 aromatic heterocycles. The highest BCUT2D eigenvalue weighted by Gasteiger charge is 2.33. The van der Waals surface area contributed by atoms with E-state index in [0.717, 1.165) is 16.3 Å². The number of hydrogen-bond donors (Lipinski definition) is 1. The molecule has 2 atom stereocenters. The minimum atomic E-state index is -4.19. The highest BCUT2D eigenvalue weighted by molar-refractivity contribution is 7.92. The van der Waals surface area contributed by atoms with Gasteiger partial charge in [-0.15, -0.1) is 0 Å². The van der Waals surface area contributed by atoms with E-state index in [1.54, 1.807) is 25.1 Å². The molecule has 3 aromatic carbocycles. The van der Waals surface area contributed by atoms with Gasteiger partial charge in [-0.25, -0.2) is 8.42 Å². The molecule has 2 amide bonds. The fourth-order valence-corrected chi connectivity index (χ4v) is 5.69. The number of nitrogens with one attached hydrogen (secondary N) is 1. The molecular weight excluding hydrogens is 545 g/mol. The number of halogens is 2. The van der Waals surface area contributed by atoms with E-state index in [-0.39, 0.29) is 39.1 Å². The first-order valence-electron chi connectivity index (χ1n) is 12.2. The van der Waals surface area contributed by atoms with E-state index >= 15 is 0 Å². The van der Waals surface area contributed by atoms with E-state index in [4.69, 9.17) is 23.2 Å². The largest absolute Gasteiger partial charge is 0.352 e. The second kappa shape index (κ2) is 13.1. The lowest BCUT2D eigenvalue weighted by Crippen LogP contribution is -2.52. The van der Waals surface area contributed by atoms with Gasteiger partial charge in [0.15, 0.2) is 0 Å². The maximum absolute atomic E-state index is 13.9. The Morgan fingerprint density at radius 2 is 1.45 bits per heavy atom. The zero-order valence-corrected chi connectivity index (χ0v) is 23.8. The molecule has 0 heterocycles. The van der Waals surface area contributed by atoms with Crippen molar-refractivity contribution in [3.8, 4) is 0 Å². The second-order valence-electron chi connectivity index (χ2n) is 8.95. The molecule has 0 bridgehead atoms. The quantitative estimate of drug-likeness (QED) is 0.326. The van der Waals surface area contributed by atoms with E-state index in [2.05, 4.69) is 5.32 Å². The summed E-state index contributed by atoms with van der Waals surface area (Å²) in [5.74, 6) is -0.886. The zero-order valence-electron chi connectivity index (χ0n) is 21.5. The standard InChI is InChI=1S/C28H31Cl2N3O4S/c1-4-20(2)31-28(35)21(3)32(18-22-11-7-5-8-12-22)27(34)19-33(25-16-23(29)15-24(30)17-25)38(36,37)26-13-9-6-10-14-26/h5-17,20-21H,4,18-19H2,1-3H3,(H,31,35). The van der Waals surface area contributed by atoms with Crippen LogP contribution in [0.15, 0.2) is 83.8 Å². The van der Waals surface area contributed by atoms with Crippen molar-refractivity contribution in [3.05, 3.63) is 94.5 Å². The van der Waals surface area contributed by atoms with Crippen LogP contribution in [0.3, 0.4) is 0 Å². The molecule has 10 heteroatoms. The molecule has 0 radical (unpaired) electrons.